The molecule has 0 bridgehead atoms. The van der Waals surface area contributed by atoms with Crippen molar-refractivity contribution in [1.82, 2.24) is 0 Å². The monoisotopic (exact) mass is 218 g/mol. The van der Waals surface area contributed by atoms with Crippen molar-refractivity contribution in [2.24, 2.45) is 0 Å². The second-order valence-corrected chi connectivity index (χ2v) is 5.28. The highest BCUT2D eigenvalue weighted by Gasteiger charge is 2.46. The molecule has 5 heteroatoms. The molecule has 0 radical (unpaired) electrons. The first kappa shape index (κ1) is 11.4. The molecule has 2 unspecified atom stereocenters. The molecule has 0 amide bonds. The van der Waals surface area contributed by atoms with Crippen LogP contribution in [-0.2, 0) is 19.3 Å². The Bertz CT molecular complexity index is 355. The molecule has 0 N–H and O–H groups in total. The molecule has 0 fully saturated rings. The lowest BCUT2D eigenvalue weighted by Crippen LogP contribution is -2.49. The lowest BCUT2D eigenvalue weighted by atomic mass is 10.1. The van der Waals surface area contributed by atoms with E-state index >= 15 is 0 Å². The maximum absolute atomic E-state index is 11.6. The van der Waals surface area contributed by atoms with Gasteiger partial charge in [0.25, 0.3) is 0 Å². The van der Waals surface area contributed by atoms with Crippen LogP contribution in [0.3, 0.4) is 0 Å². The van der Waals surface area contributed by atoms with Crippen LogP contribution in [-0.4, -0.2) is 39.9 Å². The lowest BCUT2D eigenvalue weighted by molar-refractivity contribution is -0.0137. The summed E-state index contributed by atoms with van der Waals surface area (Å²) in [6.45, 7) is 0. The Morgan fingerprint density at radius 1 is 1.29 bits per heavy atom. The molecule has 0 aromatic heterocycles. The van der Waals surface area contributed by atoms with Crippen LogP contribution in [0, 0.1) is 0 Å². The van der Waals surface area contributed by atoms with E-state index in [0.717, 1.165) is 6.26 Å². The van der Waals surface area contributed by atoms with Gasteiger partial charge in [0.2, 0.25) is 4.93 Å². The Labute approximate surface area is 84.1 Å². The molecule has 0 saturated heterocycles. The van der Waals surface area contributed by atoms with Crippen LogP contribution >= 0.6 is 0 Å². The maximum atomic E-state index is 11.6. The highest BCUT2D eigenvalue weighted by atomic mass is 32.2. The summed E-state index contributed by atoms with van der Waals surface area (Å²) in [7, 11) is -0.575. The Kier molecular flexibility index (Phi) is 3.14. The van der Waals surface area contributed by atoms with Crippen LogP contribution < -0.4 is 0 Å². The van der Waals surface area contributed by atoms with Crippen LogP contribution in [0.1, 0.15) is 0 Å². The number of hydrogen-bond acceptors (Lipinski definition) is 4. The molecule has 0 heterocycles. The van der Waals surface area contributed by atoms with Crippen LogP contribution in [0.2, 0.25) is 0 Å². The number of ether oxygens (including phenoxy) is 2. The molecule has 1 rings (SSSR count). The summed E-state index contributed by atoms with van der Waals surface area (Å²) in [6, 6.07) is 0. The molecular weight excluding hydrogens is 204 g/mol. The van der Waals surface area contributed by atoms with Gasteiger partial charge in [-0.2, -0.15) is 0 Å². The minimum atomic E-state index is -3.38. The topological polar surface area (TPSA) is 52.6 Å². The van der Waals surface area contributed by atoms with Crippen LogP contribution in [0.4, 0.5) is 0 Å². The SMILES string of the molecule is COC1C=CC=CC1(OC)S(C)(=O)=O. The molecule has 4 nitrogen and oxygen atoms in total. The number of hydrogen-bond donors (Lipinski definition) is 0. The van der Waals surface area contributed by atoms with Gasteiger partial charge in [-0.05, 0) is 6.08 Å². The zero-order chi connectivity index (χ0) is 10.8. The maximum Gasteiger partial charge on any atom is 0.216 e. The largest absolute Gasteiger partial charge is 0.373 e. The Morgan fingerprint density at radius 3 is 2.29 bits per heavy atom. The summed E-state index contributed by atoms with van der Waals surface area (Å²) < 4.78 is 33.4. The van der Waals surface area contributed by atoms with Crippen LogP contribution in [0.5, 0.6) is 0 Å². The van der Waals surface area contributed by atoms with Gasteiger partial charge in [0.1, 0.15) is 6.10 Å². The molecule has 80 valence electrons. The fraction of sp³-hybridized carbons (Fsp3) is 0.556. The predicted molar refractivity (Wildman–Crippen MR) is 53.7 cm³/mol. The molecule has 0 spiro atoms. The standard InChI is InChI=1S/C9H14O4S/c1-12-8-6-4-5-7-9(8,13-2)14(3,10)11/h4-8H,1-3H3. The van der Waals surface area contributed by atoms with Crippen molar-refractivity contribution < 1.29 is 17.9 Å². The van der Waals surface area contributed by atoms with Crippen LogP contribution in [0.15, 0.2) is 24.3 Å². The Balaban J connectivity index is 3.23. The van der Waals surface area contributed by atoms with Crippen molar-refractivity contribution in [3.63, 3.8) is 0 Å². The van der Waals surface area contributed by atoms with E-state index in [-0.39, 0.29) is 0 Å². The third-order valence-electron chi connectivity index (χ3n) is 2.27. The van der Waals surface area contributed by atoms with E-state index in [0.29, 0.717) is 0 Å². The van der Waals surface area contributed by atoms with Gasteiger partial charge in [-0.1, -0.05) is 18.2 Å². The normalized spacial score (nSPS) is 32.1. The van der Waals surface area contributed by atoms with Crippen molar-refractivity contribution in [2.75, 3.05) is 20.5 Å². The van der Waals surface area contributed by atoms with E-state index in [1.165, 1.54) is 20.3 Å². The summed E-state index contributed by atoms with van der Waals surface area (Å²) in [6.07, 6.45) is 7.05. The molecule has 2 atom stereocenters. The number of methoxy groups -OCH3 is 2. The molecule has 0 aromatic rings. The van der Waals surface area contributed by atoms with Gasteiger partial charge in [-0.15, -0.1) is 0 Å². The molecule has 0 saturated carbocycles. The van der Waals surface area contributed by atoms with Gasteiger partial charge in [-0.3, -0.25) is 0 Å². The van der Waals surface area contributed by atoms with Crippen molar-refractivity contribution in [3.05, 3.63) is 24.3 Å². The smallest absolute Gasteiger partial charge is 0.216 e. The lowest BCUT2D eigenvalue weighted by Gasteiger charge is -2.34. The minimum Gasteiger partial charge on any atom is -0.373 e. The van der Waals surface area contributed by atoms with Gasteiger partial charge in [0.15, 0.2) is 9.84 Å². The Morgan fingerprint density at radius 2 is 1.93 bits per heavy atom. The average Bonchev–Trinajstić information content (AvgIpc) is 2.15. The minimum absolute atomic E-state index is 0.604. The van der Waals surface area contributed by atoms with Gasteiger partial charge in [-0.25, -0.2) is 8.42 Å². The van der Waals surface area contributed by atoms with Crippen molar-refractivity contribution in [2.45, 2.75) is 11.0 Å². The predicted octanol–water partition coefficient (Wildman–Crippen LogP) is 0.515. The molecule has 0 aromatic carbocycles. The molecule has 0 aliphatic heterocycles. The fourth-order valence-electron chi connectivity index (χ4n) is 1.50. The second kappa shape index (κ2) is 3.84. The van der Waals surface area contributed by atoms with Gasteiger partial charge < -0.3 is 9.47 Å². The van der Waals surface area contributed by atoms with E-state index in [9.17, 15) is 8.42 Å². The third-order valence-corrected chi connectivity index (χ3v) is 3.97. The number of allylic oxidation sites excluding steroid dienone is 2. The quantitative estimate of drug-likeness (QED) is 0.692. The van der Waals surface area contributed by atoms with E-state index in [1.54, 1.807) is 18.2 Å². The zero-order valence-corrected chi connectivity index (χ0v) is 9.24. The summed E-state index contributed by atoms with van der Waals surface area (Å²) in [5.41, 5.74) is 0. The Hall–Kier alpha value is -0.650. The number of rotatable bonds is 3. The van der Waals surface area contributed by atoms with Crippen molar-refractivity contribution >= 4 is 9.84 Å². The van der Waals surface area contributed by atoms with Gasteiger partial charge in [0.05, 0.1) is 0 Å². The van der Waals surface area contributed by atoms with Crippen LogP contribution in [0.25, 0.3) is 0 Å². The van der Waals surface area contributed by atoms with E-state index in [1.807, 2.05) is 0 Å². The number of sulfone groups is 1. The van der Waals surface area contributed by atoms with Crippen molar-refractivity contribution in [3.8, 4) is 0 Å². The summed E-state index contributed by atoms with van der Waals surface area (Å²) in [5.74, 6) is 0. The highest BCUT2D eigenvalue weighted by Crippen LogP contribution is 2.29. The first-order valence-corrected chi connectivity index (χ1v) is 6.00. The second-order valence-electron chi connectivity index (χ2n) is 3.10. The van der Waals surface area contributed by atoms with E-state index < -0.39 is 20.9 Å². The van der Waals surface area contributed by atoms with Gasteiger partial charge in [0, 0.05) is 20.5 Å². The zero-order valence-electron chi connectivity index (χ0n) is 8.43. The molecule has 14 heavy (non-hydrogen) atoms. The molecule has 1 aliphatic carbocycles. The average molecular weight is 218 g/mol. The summed E-state index contributed by atoms with van der Waals surface area (Å²) in [5, 5.41) is 0. The van der Waals surface area contributed by atoms with E-state index in [2.05, 4.69) is 0 Å². The molecule has 1 aliphatic rings. The third kappa shape index (κ3) is 1.63. The van der Waals surface area contributed by atoms with Crippen molar-refractivity contribution in [1.29, 1.82) is 0 Å². The first-order valence-electron chi connectivity index (χ1n) is 4.11. The molecular formula is C9H14O4S. The van der Waals surface area contributed by atoms with Gasteiger partial charge >= 0.3 is 0 Å². The summed E-state index contributed by atoms with van der Waals surface area (Å²) >= 11 is 0. The summed E-state index contributed by atoms with van der Waals surface area (Å²) in [4.78, 5) is -1.39. The van der Waals surface area contributed by atoms with E-state index in [4.69, 9.17) is 9.47 Å². The fourth-order valence-corrected chi connectivity index (χ4v) is 2.72. The highest BCUT2D eigenvalue weighted by molar-refractivity contribution is 7.92. The first-order chi connectivity index (χ1) is 6.48.